The number of ether oxygens (including phenoxy) is 2. The number of aromatic nitrogens is 1. The molecule has 2 heterocycles. The number of amides is 1. The number of rotatable bonds is 7. The summed E-state index contributed by atoms with van der Waals surface area (Å²) in [6.45, 7) is 0.361. The number of non-ortho nitro benzene ring substituents is 1. The van der Waals surface area contributed by atoms with Crippen molar-refractivity contribution in [1.82, 2.24) is 9.29 Å². The van der Waals surface area contributed by atoms with Gasteiger partial charge < -0.3 is 14.8 Å². The van der Waals surface area contributed by atoms with Crippen LogP contribution in [0, 0.1) is 16.0 Å². The third-order valence-corrected chi connectivity index (χ3v) is 8.35. The summed E-state index contributed by atoms with van der Waals surface area (Å²) in [5, 5.41) is 14.1. The van der Waals surface area contributed by atoms with E-state index >= 15 is 0 Å². The first-order chi connectivity index (χ1) is 16.2. The van der Waals surface area contributed by atoms with E-state index in [0.29, 0.717) is 35.4 Å². The predicted octanol–water partition coefficient (Wildman–Crippen LogP) is 3.26. The second kappa shape index (κ2) is 9.52. The van der Waals surface area contributed by atoms with E-state index in [0.717, 1.165) is 11.3 Å². The first-order valence-electron chi connectivity index (χ1n) is 10.3. The largest absolute Gasteiger partial charge is 0.497 e. The van der Waals surface area contributed by atoms with E-state index in [1.807, 2.05) is 0 Å². The number of methoxy groups -OCH3 is 2. The number of hydrogen-bond acceptors (Lipinski definition) is 9. The van der Waals surface area contributed by atoms with E-state index in [-0.39, 0.29) is 33.9 Å². The van der Waals surface area contributed by atoms with Gasteiger partial charge in [0.1, 0.15) is 11.3 Å². The number of sulfonamides is 1. The lowest BCUT2D eigenvalue weighted by atomic mass is 9.99. The minimum Gasteiger partial charge on any atom is -0.497 e. The first kappa shape index (κ1) is 23.9. The average molecular weight is 507 g/mol. The van der Waals surface area contributed by atoms with E-state index in [4.69, 9.17) is 9.47 Å². The molecule has 1 aliphatic rings. The molecular weight excluding hydrogens is 484 g/mol. The lowest BCUT2D eigenvalue weighted by Gasteiger charge is -2.31. The van der Waals surface area contributed by atoms with Gasteiger partial charge in [0.2, 0.25) is 15.9 Å². The molecule has 0 bridgehead atoms. The van der Waals surface area contributed by atoms with Crippen molar-refractivity contribution in [3.63, 3.8) is 0 Å². The van der Waals surface area contributed by atoms with Crippen molar-refractivity contribution in [3.8, 4) is 11.5 Å². The highest BCUT2D eigenvalue weighted by molar-refractivity contribution is 7.89. The van der Waals surface area contributed by atoms with Crippen LogP contribution in [0.25, 0.3) is 10.2 Å². The Kier molecular flexibility index (Phi) is 6.68. The maximum atomic E-state index is 13.1. The molecule has 0 aliphatic carbocycles. The van der Waals surface area contributed by atoms with Gasteiger partial charge in [-0.15, -0.1) is 0 Å². The lowest BCUT2D eigenvalue weighted by molar-refractivity contribution is -0.384. The number of thiazole rings is 1. The molecule has 0 saturated carbocycles. The number of nitro groups is 1. The van der Waals surface area contributed by atoms with Gasteiger partial charge in [0, 0.05) is 19.2 Å². The Labute approximate surface area is 199 Å². The Balaban J connectivity index is 1.51. The summed E-state index contributed by atoms with van der Waals surface area (Å²) in [6.07, 6.45) is 1.06. The minimum absolute atomic E-state index is 0.0416. The van der Waals surface area contributed by atoms with Crippen molar-refractivity contribution in [2.75, 3.05) is 32.6 Å². The summed E-state index contributed by atoms with van der Waals surface area (Å²) in [5.41, 5.74) is 0.262. The Morgan fingerprint density at radius 1 is 1.24 bits per heavy atom. The van der Waals surface area contributed by atoms with Crippen molar-refractivity contribution in [2.45, 2.75) is 17.7 Å². The summed E-state index contributed by atoms with van der Waals surface area (Å²) >= 11 is 1.09. The molecule has 1 fully saturated rings. The molecule has 3 aromatic rings. The van der Waals surface area contributed by atoms with Gasteiger partial charge in [-0.3, -0.25) is 14.9 Å². The molecule has 13 heteroatoms. The topological polar surface area (TPSA) is 141 Å². The maximum absolute atomic E-state index is 13.1. The Morgan fingerprint density at radius 2 is 1.97 bits per heavy atom. The summed E-state index contributed by atoms with van der Waals surface area (Å²) in [6, 6.07) is 8.75. The first-order valence-corrected chi connectivity index (χ1v) is 12.6. The fourth-order valence-electron chi connectivity index (χ4n) is 3.78. The minimum atomic E-state index is -3.76. The molecule has 180 valence electrons. The number of carbonyl (C=O) groups excluding carboxylic acids is 1. The highest BCUT2D eigenvalue weighted by Crippen LogP contribution is 2.36. The van der Waals surface area contributed by atoms with Crippen LogP contribution in [0.5, 0.6) is 11.5 Å². The zero-order valence-corrected chi connectivity index (χ0v) is 20.0. The molecule has 1 N–H and O–H groups in total. The van der Waals surface area contributed by atoms with Gasteiger partial charge in [-0.25, -0.2) is 13.4 Å². The van der Waals surface area contributed by atoms with Crippen LogP contribution in [0.1, 0.15) is 12.8 Å². The highest BCUT2D eigenvalue weighted by Gasteiger charge is 2.33. The van der Waals surface area contributed by atoms with E-state index in [1.54, 1.807) is 12.1 Å². The van der Waals surface area contributed by atoms with Crippen LogP contribution >= 0.6 is 11.3 Å². The van der Waals surface area contributed by atoms with Crippen LogP contribution in [0.4, 0.5) is 10.8 Å². The zero-order valence-electron chi connectivity index (χ0n) is 18.4. The number of benzene rings is 2. The number of piperidine rings is 1. The number of nitro benzene ring substituents is 1. The number of hydrogen-bond donors (Lipinski definition) is 1. The molecule has 0 radical (unpaired) electrons. The Hall–Kier alpha value is -3.29. The van der Waals surface area contributed by atoms with Crippen molar-refractivity contribution >= 4 is 48.3 Å². The summed E-state index contributed by atoms with van der Waals surface area (Å²) < 4.78 is 38.2. The molecule has 0 spiro atoms. The third kappa shape index (κ3) is 4.67. The SMILES string of the molecule is COc1ccc(S(=O)(=O)N2CCCC(C(=O)Nc3nc4c(OC)cc([N+](=O)[O-])cc4s3)C2)cc1. The molecule has 1 saturated heterocycles. The molecule has 1 aromatic heterocycles. The fraction of sp³-hybridized carbons (Fsp3) is 0.333. The van der Waals surface area contributed by atoms with Crippen molar-refractivity contribution in [1.29, 1.82) is 0 Å². The summed E-state index contributed by atoms with van der Waals surface area (Å²) in [4.78, 5) is 28.1. The fourth-order valence-corrected chi connectivity index (χ4v) is 6.22. The van der Waals surface area contributed by atoms with E-state index < -0.39 is 20.9 Å². The van der Waals surface area contributed by atoms with Gasteiger partial charge in [-0.1, -0.05) is 11.3 Å². The molecule has 1 atom stereocenters. The average Bonchev–Trinajstić information content (AvgIpc) is 3.25. The third-order valence-electron chi connectivity index (χ3n) is 5.56. The van der Waals surface area contributed by atoms with Crippen LogP contribution in [-0.2, 0) is 14.8 Å². The maximum Gasteiger partial charge on any atom is 0.274 e. The van der Waals surface area contributed by atoms with Gasteiger partial charge in [0.25, 0.3) is 5.69 Å². The Morgan fingerprint density at radius 3 is 2.62 bits per heavy atom. The summed E-state index contributed by atoms with van der Waals surface area (Å²) in [5.74, 6) is -0.143. The van der Waals surface area contributed by atoms with Crippen molar-refractivity contribution in [3.05, 3.63) is 46.5 Å². The molecule has 1 unspecified atom stereocenters. The smallest absolute Gasteiger partial charge is 0.274 e. The van der Waals surface area contributed by atoms with E-state index in [1.165, 1.54) is 42.8 Å². The predicted molar refractivity (Wildman–Crippen MR) is 126 cm³/mol. The number of nitrogens with zero attached hydrogens (tertiary/aromatic N) is 3. The number of carbonyl (C=O) groups is 1. The molecule has 4 rings (SSSR count). The number of fused-ring (bicyclic) bond motifs is 1. The zero-order chi connectivity index (χ0) is 24.5. The van der Waals surface area contributed by atoms with Gasteiger partial charge in [-0.2, -0.15) is 4.31 Å². The molecule has 1 amide bonds. The molecule has 2 aromatic carbocycles. The molecule has 1 aliphatic heterocycles. The second-order valence-electron chi connectivity index (χ2n) is 7.64. The van der Waals surface area contributed by atoms with Gasteiger partial charge in [0.05, 0.1) is 40.7 Å². The van der Waals surface area contributed by atoms with Crippen molar-refractivity contribution in [2.24, 2.45) is 5.92 Å². The second-order valence-corrected chi connectivity index (χ2v) is 10.6. The van der Waals surface area contributed by atoms with Crippen LogP contribution in [-0.4, -0.2) is 55.8 Å². The normalized spacial score (nSPS) is 16.8. The molecule has 34 heavy (non-hydrogen) atoms. The molecule has 11 nitrogen and oxygen atoms in total. The van der Waals surface area contributed by atoms with Crippen molar-refractivity contribution < 1.29 is 27.6 Å². The Bertz CT molecular complexity index is 1340. The van der Waals surface area contributed by atoms with E-state index in [9.17, 15) is 23.3 Å². The standard InChI is InChI=1S/C21H22N4O7S2/c1-31-15-5-7-16(8-6-15)34(29,30)24-9-3-4-13(12-24)20(26)23-21-22-19-17(32-2)10-14(25(27)28)11-18(19)33-21/h5-8,10-11,13H,3-4,9,12H2,1-2H3,(H,22,23,26). The van der Waals surface area contributed by atoms with Gasteiger partial charge in [0.15, 0.2) is 10.9 Å². The van der Waals surface area contributed by atoms with Crippen LogP contribution in [0.3, 0.4) is 0 Å². The lowest BCUT2D eigenvalue weighted by Crippen LogP contribution is -2.43. The van der Waals surface area contributed by atoms with Crippen LogP contribution in [0.15, 0.2) is 41.3 Å². The van der Waals surface area contributed by atoms with Crippen LogP contribution in [0.2, 0.25) is 0 Å². The van der Waals surface area contributed by atoms with Gasteiger partial charge >= 0.3 is 0 Å². The number of anilines is 1. The molecular formula is C21H22N4O7S2. The monoisotopic (exact) mass is 506 g/mol. The quantitative estimate of drug-likeness (QED) is 0.380. The van der Waals surface area contributed by atoms with E-state index in [2.05, 4.69) is 10.3 Å². The summed E-state index contributed by atoms with van der Waals surface area (Å²) in [7, 11) is -0.879. The number of nitrogens with one attached hydrogen (secondary N) is 1. The highest BCUT2D eigenvalue weighted by atomic mass is 32.2. The van der Waals surface area contributed by atoms with Crippen LogP contribution < -0.4 is 14.8 Å². The van der Waals surface area contributed by atoms with Gasteiger partial charge in [-0.05, 0) is 37.1 Å².